The van der Waals surface area contributed by atoms with Crippen LogP contribution in [-0.4, -0.2) is 50.0 Å². The van der Waals surface area contributed by atoms with Crippen LogP contribution in [0.3, 0.4) is 0 Å². The molecule has 37 heavy (non-hydrogen) atoms. The zero-order valence-electron chi connectivity index (χ0n) is 22.9. The van der Waals surface area contributed by atoms with E-state index in [2.05, 4.69) is 26.1 Å². The lowest BCUT2D eigenvalue weighted by atomic mass is 9.87. The number of rotatable bonds is 11. The Kier molecular flexibility index (Phi) is 10.3. The summed E-state index contributed by atoms with van der Waals surface area (Å²) in [6, 6.07) is 11.8. The second-order valence-corrected chi connectivity index (χ2v) is 12.4. The highest BCUT2D eigenvalue weighted by Crippen LogP contribution is 2.26. The number of amides is 2. The summed E-state index contributed by atoms with van der Waals surface area (Å²) in [5.74, 6) is -1.25. The summed E-state index contributed by atoms with van der Waals surface area (Å²) in [7, 11) is -3.81. The van der Waals surface area contributed by atoms with E-state index in [9.17, 15) is 22.4 Å². The fourth-order valence-corrected chi connectivity index (χ4v) is 4.74. The van der Waals surface area contributed by atoms with Crippen molar-refractivity contribution in [2.75, 3.05) is 17.1 Å². The third-order valence-corrected chi connectivity index (χ3v) is 7.49. The lowest BCUT2D eigenvalue weighted by Gasteiger charge is -2.33. The number of hydrogen-bond acceptors (Lipinski definition) is 4. The molecule has 0 bridgehead atoms. The average molecular weight is 534 g/mol. The molecule has 0 aliphatic rings. The Hall–Kier alpha value is -2.94. The van der Waals surface area contributed by atoms with E-state index in [1.807, 2.05) is 26.0 Å². The number of hydrogen-bond donors (Lipinski definition) is 1. The van der Waals surface area contributed by atoms with Crippen molar-refractivity contribution in [2.24, 2.45) is 0 Å². The number of benzene rings is 2. The Labute approximate surface area is 221 Å². The molecule has 0 radical (unpaired) electrons. The number of carbonyl (C=O) groups is 2. The first-order valence-corrected chi connectivity index (χ1v) is 14.4. The van der Waals surface area contributed by atoms with Gasteiger partial charge in [-0.2, -0.15) is 0 Å². The highest BCUT2D eigenvalue weighted by Gasteiger charge is 2.32. The minimum absolute atomic E-state index is 0.0338. The third-order valence-electron chi connectivity index (χ3n) is 6.35. The quantitative estimate of drug-likeness (QED) is 0.457. The van der Waals surface area contributed by atoms with E-state index in [1.165, 1.54) is 17.0 Å². The summed E-state index contributed by atoms with van der Waals surface area (Å²) < 4.78 is 40.1. The van der Waals surface area contributed by atoms with E-state index in [1.54, 1.807) is 31.2 Å². The molecule has 2 aromatic rings. The lowest BCUT2D eigenvalue weighted by Crippen LogP contribution is -2.53. The van der Waals surface area contributed by atoms with Gasteiger partial charge in [0.1, 0.15) is 18.4 Å². The minimum atomic E-state index is -3.81. The van der Waals surface area contributed by atoms with Crippen LogP contribution in [0.2, 0.25) is 0 Å². The molecule has 7 nitrogen and oxygen atoms in total. The highest BCUT2D eigenvalue weighted by atomic mass is 32.2. The van der Waals surface area contributed by atoms with Crippen LogP contribution in [0.5, 0.6) is 0 Å². The molecule has 204 valence electrons. The van der Waals surface area contributed by atoms with Crippen molar-refractivity contribution in [1.82, 2.24) is 10.2 Å². The Balaban J connectivity index is 2.44. The molecule has 2 atom stereocenters. The van der Waals surface area contributed by atoms with Crippen molar-refractivity contribution in [3.63, 3.8) is 0 Å². The van der Waals surface area contributed by atoms with Crippen molar-refractivity contribution in [3.8, 4) is 0 Å². The van der Waals surface area contributed by atoms with E-state index in [-0.39, 0.29) is 23.9 Å². The van der Waals surface area contributed by atoms with Crippen molar-refractivity contribution in [1.29, 1.82) is 0 Å². The number of halogens is 1. The largest absolute Gasteiger partial charge is 0.352 e. The third kappa shape index (κ3) is 8.55. The Morgan fingerprint density at radius 1 is 0.973 bits per heavy atom. The predicted octanol–water partition coefficient (Wildman–Crippen LogP) is 4.61. The molecule has 1 N–H and O–H groups in total. The maximum absolute atomic E-state index is 13.7. The fraction of sp³-hybridized carbons (Fsp3) is 0.500. The second-order valence-electron chi connectivity index (χ2n) is 10.5. The van der Waals surface area contributed by atoms with Gasteiger partial charge in [-0.25, -0.2) is 12.8 Å². The maximum Gasteiger partial charge on any atom is 0.244 e. The molecular weight excluding hydrogens is 493 g/mol. The fourth-order valence-electron chi connectivity index (χ4n) is 3.89. The van der Waals surface area contributed by atoms with E-state index >= 15 is 0 Å². The van der Waals surface area contributed by atoms with Gasteiger partial charge in [-0.15, -0.1) is 0 Å². The first-order chi connectivity index (χ1) is 17.2. The molecule has 0 fully saturated rings. The van der Waals surface area contributed by atoms with Gasteiger partial charge in [0.05, 0.1) is 11.9 Å². The monoisotopic (exact) mass is 533 g/mol. The number of sulfonamides is 1. The second kappa shape index (κ2) is 12.5. The van der Waals surface area contributed by atoms with E-state index in [0.717, 1.165) is 22.5 Å². The van der Waals surface area contributed by atoms with E-state index in [4.69, 9.17) is 0 Å². The van der Waals surface area contributed by atoms with E-state index < -0.39 is 34.3 Å². The molecule has 9 heteroatoms. The number of anilines is 1. The van der Waals surface area contributed by atoms with Crippen molar-refractivity contribution in [3.05, 3.63) is 65.5 Å². The van der Waals surface area contributed by atoms with Crippen molar-refractivity contribution < 1.29 is 22.4 Å². The topological polar surface area (TPSA) is 86.8 Å². The molecule has 2 aromatic carbocycles. The molecule has 0 aliphatic heterocycles. The van der Waals surface area contributed by atoms with Gasteiger partial charge in [-0.3, -0.25) is 13.9 Å². The summed E-state index contributed by atoms with van der Waals surface area (Å²) in [5, 5.41) is 2.92. The van der Waals surface area contributed by atoms with Crippen LogP contribution in [0.15, 0.2) is 48.5 Å². The number of nitrogens with one attached hydrogen (secondary N) is 1. The molecule has 0 saturated carbocycles. The molecule has 0 spiro atoms. The zero-order valence-corrected chi connectivity index (χ0v) is 23.7. The Morgan fingerprint density at radius 3 is 2.00 bits per heavy atom. The summed E-state index contributed by atoms with van der Waals surface area (Å²) in [4.78, 5) is 28.2. The molecule has 0 saturated heterocycles. The average Bonchev–Trinajstić information content (AvgIpc) is 2.82. The van der Waals surface area contributed by atoms with Crippen LogP contribution in [0.1, 0.15) is 65.5 Å². The van der Waals surface area contributed by atoms with Gasteiger partial charge in [0, 0.05) is 12.6 Å². The predicted molar refractivity (Wildman–Crippen MR) is 146 cm³/mol. The summed E-state index contributed by atoms with van der Waals surface area (Å²) in [6.45, 7) is 11.4. The maximum atomic E-state index is 13.7. The van der Waals surface area contributed by atoms with Gasteiger partial charge < -0.3 is 10.2 Å². The van der Waals surface area contributed by atoms with Gasteiger partial charge in [-0.1, -0.05) is 58.9 Å². The van der Waals surface area contributed by atoms with E-state index in [0.29, 0.717) is 17.7 Å². The SMILES string of the molecule is CC[C@H](C)NC(=O)[C@H](CC)N(Cc1ccc(F)cc1)C(=O)CN(c1ccc(C(C)(C)C)cc1)S(C)(=O)=O. The smallest absolute Gasteiger partial charge is 0.244 e. The first-order valence-electron chi connectivity index (χ1n) is 12.6. The standard InChI is InChI=1S/C28H40FN3O4S/c1-8-20(3)30-27(34)25(9-2)31(18-21-10-14-23(29)15-11-21)26(33)19-32(37(7,35)36)24-16-12-22(13-17-24)28(4,5)6/h10-17,20,25H,8-9,18-19H2,1-7H3,(H,30,34)/t20-,25-/m0/s1. The molecule has 2 amide bonds. The summed E-state index contributed by atoms with van der Waals surface area (Å²) in [5.41, 5.74) is 1.91. The highest BCUT2D eigenvalue weighted by molar-refractivity contribution is 7.92. The number of nitrogens with zero attached hydrogens (tertiary/aromatic N) is 2. The van der Waals surface area contributed by atoms with Crippen molar-refractivity contribution >= 4 is 27.5 Å². The zero-order chi connectivity index (χ0) is 28.0. The van der Waals surface area contributed by atoms with Crippen LogP contribution in [0, 0.1) is 5.82 Å². The molecular formula is C28H40FN3O4S. The van der Waals surface area contributed by atoms with Crippen LogP contribution in [-0.2, 0) is 31.6 Å². The van der Waals surface area contributed by atoms with Crippen LogP contribution in [0.25, 0.3) is 0 Å². The summed E-state index contributed by atoms with van der Waals surface area (Å²) in [6.07, 6.45) is 2.10. The van der Waals surface area contributed by atoms with Crippen LogP contribution < -0.4 is 9.62 Å². The van der Waals surface area contributed by atoms with Crippen LogP contribution in [0.4, 0.5) is 10.1 Å². The number of carbonyl (C=O) groups excluding carboxylic acids is 2. The Morgan fingerprint density at radius 2 is 1.54 bits per heavy atom. The minimum Gasteiger partial charge on any atom is -0.352 e. The molecule has 0 heterocycles. The van der Waals surface area contributed by atoms with Gasteiger partial charge in [0.15, 0.2) is 0 Å². The first kappa shape index (κ1) is 30.3. The molecule has 0 unspecified atom stereocenters. The Bertz CT molecular complexity index is 1160. The van der Waals surface area contributed by atoms with Crippen molar-refractivity contribution in [2.45, 2.75) is 78.4 Å². The van der Waals surface area contributed by atoms with Gasteiger partial charge in [0.2, 0.25) is 21.8 Å². The lowest BCUT2D eigenvalue weighted by molar-refractivity contribution is -0.140. The summed E-state index contributed by atoms with van der Waals surface area (Å²) >= 11 is 0. The molecule has 0 aliphatic carbocycles. The van der Waals surface area contributed by atoms with Gasteiger partial charge in [-0.05, 0) is 60.6 Å². The van der Waals surface area contributed by atoms with Gasteiger partial charge >= 0.3 is 0 Å². The molecule has 2 rings (SSSR count). The van der Waals surface area contributed by atoms with Crippen LogP contribution >= 0.6 is 0 Å². The normalized spacial score (nSPS) is 13.5. The van der Waals surface area contributed by atoms with Gasteiger partial charge in [0.25, 0.3) is 0 Å². The molecule has 0 aromatic heterocycles.